The lowest BCUT2D eigenvalue weighted by molar-refractivity contribution is -0.870. The largest absolute Gasteiger partial charge is 0.472 e. The predicted molar refractivity (Wildman–Crippen MR) is 354 cm³/mol. The number of hydrogen-bond acceptors (Lipinski definition) is 7. The Bertz CT molecular complexity index is 1480. The van der Waals surface area contributed by atoms with E-state index in [0.29, 0.717) is 23.9 Å². The first-order chi connectivity index (χ1) is 40.0. The van der Waals surface area contributed by atoms with Gasteiger partial charge in [-0.1, -0.05) is 314 Å². The third-order valence-corrected chi connectivity index (χ3v) is 17.1. The molecule has 0 heterocycles. The highest BCUT2D eigenvalue weighted by molar-refractivity contribution is 7.47. The van der Waals surface area contributed by atoms with E-state index in [1.165, 1.54) is 289 Å². The van der Waals surface area contributed by atoms with Crippen molar-refractivity contribution >= 4 is 19.8 Å². The maximum Gasteiger partial charge on any atom is 0.472 e. The summed E-state index contributed by atoms with van der Waals surface area (Å²) in [6, 6.07) is 0. The number of rotatable bonds is 67. The molecular formula is C72H139NO8P+. The van der Waals surface area contributed by atoms with Crippen LogP contribution in [0.15, 0.2) is 36.5 Å². The fraction of sp³-hybridized carbons (Fsp3) is 0.889. The number of phosphoric ester groups is 1. The molecule has 0 aromatic carbocycles. The molecule has 0 saturated heterocycles. The van der Waals surface area contributed by atoms with Gasteiger partial charge in [0.1, 0.15) is 19.8 Å². The number of nitrogens with zero attached hydrogens (tertiary/aromatic N) is 1. The minimum absolute atomic E-state index is 0.0344. The van der Waals surface area contributed by atoms with Crippen molar-refractivity contribution in [2.45, 2.75) is 367 Å². The van der Waals surface area contributed by atoms with Gasteiger partial charge in [0.2, 0.25) is 0 Å². The van der Waals surface area contributed by atoms with Crippen molar-refractivity contribution in [3.63, 3.8) is 0 Å². The Kier molecular flexibility index (Phi) is 62.3. The number of carbonyl (C=O) groups excluding carboxylic acids is 2. The lowest BCUT2D eigenvalue weighted by atomic mass is 10.0. The van der Waals surface area contributed by atoms with Crippen LogP contribution in [0, 0.1) is 0 Å². The molecule has 1 N–H and O–H groups in total. The molecule has 484 valence electrons. The van der Waals surface area contributed by atoms with Gasteiger partial charge in [-0.05, 0) is 70.6 Å². The van der Waals surface area contributed by atoms with Crippen LogP contribution in [-0.4, -0.2) is 74.9 Å². The average molecular weight is 1180 g/mol. The van der Waals surface area contributed by atoms with Gasteiger partial charge in [0.25, 0.3) is 0 Å². The summed E-state index contributed by atoms with van der Waals surface area (Å²) >= 11 is 0. The van der Waals surface area contributed by atoms with Gasteiger partial charge in [-0.2, -0.15) is 0 Å². The maximum absolute atomic E-state index is 12.9. The zero-order valence-corrected chi connectivity index (χ0v) is 56.1. The molecule has 0 fully saturated rings. The highest BCUT2D eigenvalue weighted by Gasteiger charge is 2.27. The molecule has 0 spiro atoms. The highest BCUT2D eigenvalue weighted by atomic mass is 31.2. The van der Waals surface area contributed by atoms with Gasteiger partial charge < -0.3 is 18.9 Å². The van der Waals surface area contributed by atoms with Crippen molar-refractivity contribution in [2.75, 3.05) is 47.5 Å². The Balaban J connectivity index is 3.96. The Morgan fingerprint density at radius 2 is 0.659 bits per heavy atom. The minimum atomic E-state index is -4.39. The van der Waals surface area contributed by atoms with E-state index in [-0.39, 0.29) is 25.6 Å². The van der Waals surface area contributed by atoms with Gasteiger partial charge in [-0.15, -0.1) is 0 Å². The third-order valence-electron chi connectivity index (χ3n) is 16.1. The molecule has 0 aliphatic rings. The quantitative estimate of drug-likeness (QED) is 0.0211. The summed E-state index contributed by atoms with van der Waals surface area (Å²) in [4.78, 5) is 35.9. The van der Waals surface area contributed by atoms with Crippen LogP contribution in [0.2, 0.25) is 0 Å². The monoisotopic (exact) mass is 1180 g/mol. The summed E-state index contributed by atoms with van der Waals surface area (Å²) in [6.45, 7) is 4.49. The van der Waals surface area contributed by atoms with Crippen molar-refractivity contribution in [1.82, 2.24) is 0 Å². The molecule has 2 unspecified atom stereocenters. The number of quaternary nitrogens is 1. The Morgan fingerprint density at radius 3 is 0.976 bits per heavy atom. The molecule has 82 heavy (non-hydrogen) atoms. The van der Waals surface area contributed by atoms with E-state index >= 15 is 0 Å². The lowest BCUT2D eigenvalue weighted by Crippen LogP contribution is -2.37. The second-order valence-corrected chi connectivity index (χ2v) is 27.1. The first kappa shape index (κ1) is 80.2. The first-order valence-corrected chi connectivity index (χ1v) is 37.2. The normalized spacial score (nSPS) is 13.3. The van der Waals surface area contributed by atoms with Crippen LogP contribution in [0.3, 0.4) is 0 Å². The zero-order valence-electron chi connectivity index (χ0n) is 55.3. The molecule has 0 rings (SSSR count). The van der Waals surface area contributed by atoms with Crippen molar-refractivity contribution < 1.29 is 42.1 Å². The number of ether oxygens (including phenoxy) is 2. The molecule has 0 aliphatic heterocycles. The first-order valence-electron chi connectivity index (χ1n) is 35.7. The van der Waals surface area contributed by atoms with Gasteiger partial charge in [0, 0.05) is 12.8 Å². The third kappa shape index (κ3) is 67.4. The van der Waals surface area contributed by atoms with Crippen molar-refractivity contribution in [1.29, 1.82) is 0 Å². The zero-order chi connectivity index (χ0) is 59.8. The van der Waals surface area contributed by atoms with E-state index in [2.05, 4.69) is 50.3 Å². The van der Waals surface area contributed by atoms with Crippen molar-refractivity contribution in [3.8, 4) is 0 Å². The predicted octanol–water partition coefficient (Wildman–Crippen LogP) is 23.1. The maximum atomic E-state index is 12.9. The summed E-state index contributed by atoms with van der Waals surface area (Å²) < 4.78 is 34.7. The molecule has 0 radical (unpaired) electrons. The Morgan fingerprint density at radius 1 is 0.378 bits per heavy atom. The number of carbonyl (C=O) groups is 2. The molecule has 10 heteroatoms. The van der Waals surface area contributed by atoms with Crippen molar-refractivity contribution in [3.05, 3.63) is 36.5 Å². The van der Waals surface area contributed by atoms with Gasteiger partial charge >= 0.3 is 19.8 Å². The molecule has 2 atom stereocenters. The molecule has 9 nitrogen and oxygen atoms in total. The smallest absolute Gasteiger partial charge is 0.462 e. The molecule has 0 amide bonds. The molecule has 0 aliphatic carbocycles. The van der Waals surface area contributed by atoms with Crippen LogP contribution < -0.4 is 0 Å². The van der Waals surface area contributed by atoms with E-state index in [0.717, 1.165) is 38.5 Å². The van der Waals surface area contributed by atoms with Crippen LogP contribution in [0.1, 0.15) is 361 Å². The molecule has 0 saturated carbocycles. The summed E-state index contributed by atoms with van der Waals surface area (Å²) in [5, 5.41) is 0. The van der Waals surface area contributed by atoms with Crippen molar-refractivity contribution in [2.24, 2.45) is 0 Å². The van der Waals surface area contributed by atoms with Crippen LogP contribution in [0.5, 0.6) is 0 Å². The Labute approximate surface area is 510 Å². The summed E-state index contributed by atoms with van der Waals surface area (Å²) in [6.07, 6.45) is 81.2. The van der Waals surface area contributed by atoms with E-state index in [1.54, 1.807) is 0 Å². The van der Waals surface area contributed by atoms with Gasteiger partial charge in [-0.25, -0.2) is 4.57 Å². The highest BCUT2D eigenvalue weighted by Crippen LogP contribution is 2.43. The number of allylic oxidation sites excluding steroid dienone is 6. The average Bonchev–Trinajstić information content (AvgIpc) is 3.45. The van der Waals surface area contributed by atoms with Gasteiger partial charge in [0.05, 0.1) is 27.7 Å². The number of hydrogen-bond donors (Lipinski definition) is 1. The summed E-state index contributed by atoms with van der Waals surface area (Å²) in [7, 11) is 1.50. The second kappa shape index (κ2) is 63.7. The van der Waals surface area contributed by atoms with E-state index < -0.39 is 26.5 Å². The van der Waals surface area contributed by atoms with Gasteiger partial charge in [0.15, 0.2) is 6.10 Å². The molecular weight excluding hydrogens is 1040 g/mol. The topological polar surface area (TPSA) is 108 Å². The van der Waals surface area contributed by atoms with E-state index in [1.807, 2.05) is 21.1 Å². The van der Waals surface area contributed by atoms with E-state index in [9.17, 15) is 19.0 Å². The van der Waals surface area contributed by atoms with E-state index in [4.69, 9.17) is 18.5 Å². The number of unbranched alkanes of at least 4 members (excludes halogenated alkanes) is 47. The lowest BCUT2D eigenvalue weighted by Gasteiger charge is -2.24. The van der Waals surface area contributed by atoms with Crippen LogP contribution in [0.4, 0.5) is 0 Å². The second-order valence-electron chi connectivity index (χ2n) is 25.6. The molecule has 0 aromatic rings. The fourth-order valence-corrected chi connectivity index (χ4v) is 11.4. The number of phosphoric acid groups is 1. The SMILES string of the molecule is CCCCCCC/C=C\C/C=C\CCCCCCCCCCCCCCCCCCCCCCCCCC(=O)OC(COC(=O)CCCCCCCCCCCCC/C=C\CCCCCCCCCC)COP(=O)(O)OCC[N+](C)(C)C. The van der Waals surface area contributed by atoms with Gasteiger partial charge in [-0.3, -0.25) is 18.6 Å². The standard InChI is InChI=1S/C72H138NO8P/c1-6-8-10-12-14-16-18-20-22-24-26-28-30-31-32-33-34-35-36-37-38-39-40-41-43-45-47-49-51-53-55-57-59-61-63-65-72(75)81-70(69-80-82(76,77)79-67-66-73(3,4)5)68-78-71(74)64-62-60-58-56-54-52-50-48-46-44-42-29-27-25-23-21-19-17-15-13-11-9-7-2/h18,20,24-27,70H,6-17,19,21-23,28-69H2,1-5H3/p+1/b20-18-,26-24-,27-25-. The fourth-order valence-electron chi connectivity index (χ4n) is 10.6. The molecule has 0 aromatic heterocycles. The Hall–Kier alpha value is -1.77. The van der Waals surface area contributed by atoms with Crippen LogP contribution >= 0.6 is 7.82 Å². The minimum Gasteiger partial charge on any atom is -0.462 e. The van der Waals surface area contributed by atoms with Crippen LogP contribution in [-0.2, 0) is 32.7 Å². The summed E-state index contributed by atoms with van der Waals surface area (Å²) in [5.74, 6) is -0.778. The number of esters is 2. The molecule has 0 bridgehead atoms. The number of likely N-dealkylation sites (N-methyl/N-ethyl adjacent to an activating group) is 1. The summed E-state index contributed by atoms with van der Waals surface area (Å²) in [5.41, 5.74) is 0. The van der Waals surface area contributed by atoms with Crippen LogP contribution in [0.25, 0.3) is 0 Å².